The molecule has 102 valence electrons. The number of esters is 1. The zero-order valence-electron chi connectivity index (χ0n) is 9.66. The fourth-order valence-electron chi connectivity index (χ4n) is 1.11. The van der Waals surface area contributed by atoms with E-state index < -0.39 is 18.1 Å². The average Bonchev–Trinajstić information content (AvgIpc) is 2.35. The van der Waals surface area contributed by atoms with Crippen molar-refractivity contribution in [3.8, 4) is 0 Å². The number of amides is 1. The van der Waals surface area contributed by atoms with E-state index in [1.165, 1.54) is 30.3 Å². The number of alkyl halides is 3. The molecule has 0 aliphatic heterocycles. The molecule has 0 heterocycles. The molecule has 0 saturated carbocycles. The number of anilines is 1. The molecule has 7 heteroatoms. The molecule has 0 unspecified atom stereocenters. The highest BCUT2D eigenvalue weighted by Crippen LogP contribution is 2.18. The van der Waals surface area contributed by atoms with Crippen LogP contribution < -0.4 is 5.32 Å². The van der Waals surface area contributed by atoms with Crippen LogP contribution in [0.2, 0.25) is 0 Å². The molecule has 1 aromatic rings. The van der Waals surface area contributed by atoms with Gasteiger partial charge in [0.25, 0.3) is 0 Å². The standard InChI is InChI=1S/C12H10F3NO3/c1-2-7-19-10(17)8-3-5-9(6-4-8)16-11(18)12(13,14)15/h2-6H,1,7H2,(H,16,18). The second-order valence-corrected chi connectivity index (χ2v) is 3.42. The van der Waals surface area contributed by atoms with Crippen LogP contribution in [-0.4, -0.2) is 24.7 Å². The first-order valence-corrected chi connectivity index (χ1v) is 5.11. The van der Waals surface area contributed by atoms with Crippen LogP contribution in [0.1, 0.15) is 10.4 Å². The molecule has 0 aliphatic rings. The lowest BCUT2D eigenvalue weighted by Crippen LogP contribution is -2.29. The predicted molar refractivity (Wildman–Crippen MR) is 61.6 cm³/mol. The van der Waals surface area contributed by atoms with E-state index in [-0.39, 0.29) is 17.9 Å². The van der Waals surface area contributed by atoms with E-state index in [1.807, 2.05) is 0 Å². The van der Waals surface area contributed by atoms with Crippen LogP contribution in [0.25, 0.3) is 0 Å². The van der Waals surface area contributed by atoms with Crippen LogP contribution >= 0.6 is 0 Å². The summed E-state index contributed by atoms with van der Waals surface area (Å²) < 4.78 is 40.7. The van der Waals surface area contributed by atoms with E-state index in [9.17, 15) is 22.8 Å². The highest BCUT2D eigenvalue weighted by molar-refractivity contribution is 5.95. The quantitative estimate of drug-likeness (QED) is 0.677. The second-order valence-electron chi connectivity index (χ2n) is 3.42. The van der Waals surface area contributed by atoms with Crippen molar-refractivity contribution in [2.75, 3.05) is 11.9 Å². The number of rotatable bonds is 4. The molecular formula is C12H10F3NO3. The number of carbonyl (C=O) groups excluding carboxylic acids is 2. The lowest BCUT2D eigenvalue weighted by atomic mass is 10.2. The van der Waals surface area contributed by atoms with Gasteiger partial charge in [0.1, 0.15) is 6.61 Å². The van der Waals surface area contributed by atoms with Crippen LogP contribution in [0, 0.1) is 0 Å². The van der Waals surface area contributed by atoms with Crippen molar-refractivity contribution >= 4 is 17.6 Å². The Hall–Kier alpha value is -2.31. The van der Waals surface area contributed by atoms with Crippen molar-refractivity contribution in [3.05, 3.63) is 42.5 Å². The highest BCUT2D eigenvalue weighted by Gasteiger charge is 2.38. The van der Waals surface area contributed by atoms with Crippen molar-refractivity contribution in [2.45, 2.75) is 6.18 Å². The Kier molecular flexibility index (Phi) is 4.68. The third-order valence-corrected chi connectivity index (χ3v) is 1.97. The number of hydrogen-bond acceptors (Lipinski definition) is 3. The third kappa shape index (κ3) is 4.46. The van der Waals surface area contributed by atoms with Gasteiger partial charge in [-0.2, -0.15) is 13.2 Å². The smallest absolute Gasteiger partial charge is 0.458 e. The molecule has 0 atom stereocenters. The van der Waals surface area contributed by atoms with Gasteiger partial charge in [-0.05, 0) is 24.3 Å². The Morgan fingerprint density at radius 3 is 2.32 bits per heavy atom. The van der Waals surface area contributed by atoms with Gasteiger partial charge in [0, 0.05) is 5.69 Å². The minimum atomic E-state index is -4.96. The first kappa shape index (κ1) is 14.7. The lowest BCUT2D eigenvalue weighted by molar-refractivity contribution is -0.167. The average molecular weight is 273 g/mol. The minimum absolute atomic E-state index is 0.0331. The van der Waals surface area contributed by atoms with Crippen LogP contribution in [0.5, 0.6) is 0 Å². The van der Waals surface area contributed by atoms with E-state index >= 15 is 0 Å². The van der Waals surface area contributed by atoms with Crippen molar-refractivity contribution in [1.29, 1.82) is 0 Å². The monoisotopic (exact) mass is 273 g/mol. The summed E-state index contributed by atoms with van der Waals surface area (Å²) in [5.41, 5.74) is 0.0921. The van der Waals surface area contributed by atoms with Crippen molar-refractivity contribution < 1.29 is 27.5 Å². The number of carbonyl (C=O) groups is 2. The van der Waals surface area contributed by atoms with Crippen LogP contribution in [0.3, 0.4) is 0 Å². The molecule has 0 spiro atoms. The first-order valence-electron chi connectivity index (χ1n) is 5.11. The normalized spacial score (nSPS) is 10.7. The third-order valence-electron chi connectivity index (χ3n) is 1.97. The number of nitrogens with one attached hydrogen (secondary N) is 1. The van der Waals surface area contributed by atoms with E-state index in [2.05, 4.69) is 6.58 Å². The predicted octanol–water partition coefficient (Wildman–Crippen LogP) is 2.53. The van der Waals surface area contributed by atoms with E-state index in [0.29, 0.717) is 0 Å². The summed E-state index contributed by atoms with van der Waals surface area (Å²) in [5.74, 6) is -2.71. The van der Waals surface area contributed by atoms with Crippen LogP contribution in [0.4, 0.5) is 18.9 Å². The second kappa shape index (κ2) is 6.03. The molecule has 0 radical (unpaired) electrons. The summed E-state index contributed by atoms with van der Waals surface area (Å²) in [7, 11) is 0. The van der Waals surface area contributed by atoms with E-state index in [1.54, 1.807) is 5.32 Å². The van der Waals surface area contributed by atoms with Crippen LogP contribution in [0.15, 0.2) is 36.9 Å². The van der Waals surface area contributed by atoms with Gasteiger partial charge >= 0.3 is 18.1 Å². The van der Waals surface area contributed by atoms with Crippen molar-refractivity contribution in [3.63, 3.8) is 0 Å². The Morgan fingerprint density at radius 1 is 1.26 bits per heavy atom. The van der Waals surface area contributed by atoms with Crippen molar-refractivity contribution in [2.24, 2.45) is 0 Å². The van der Waals surface area contributed by atoms with Gasteiger partial charge < -0.3 is 10.1 Å². The summed E-state index contributed by atoms with van der Waals surface area (Å²) >= 11 is 0. The molecular weight excluding hydrogens is 263 g/mol. The molecule has 0 bridgehead atoms. The molecule has 0 aromatic heterocycles. The fraction of sp³-hybridized carbons (Fsp3) is 0.167. The summed E-state index contributed by atoms with van der Waals surface area (Å²) in [5, 5.41) is 1.66. The van der Waals surface area contributed by atoms with Gasteiger partial charge in [-0.3, -0.25) is 4.79 Å². The maximum atomic E-state index is 12.0. The Labute approximate surface area is 106 Å². The Bertz CT molecular complexity index is 480. The van der Waals surface area contributed by atoms with Gasteiger partial charge in [0.05, 0.1) is 5.56 Å². The molecule has 0 fully saturated rings. The van der Waals surface area contributed by atoms with Crippen molar-refractivity contribution in [1.82, 2.24) is 0 Å². The number of hydrogen-bond donors (Lipinski definition) is 1. The zero-order chi connectivity index (χ0) is 14.5. The van der Waals surface area contributed by atoms with E-state index in [0.717, 1.165) is 0 Å². The first-order chi connectivity index (χ1) is 8.84. The molecule has 4 nitrogen and oxygen atoms in total. The largest absolute Gasteiger partial charge is 0.471 e. The van der Waals surface area contributed by atoms with Gasteiger partial charge in [-0.25, -0.2) is 4.79 Å². The van der Waals surface area contributed by atoms with Gasteiger partial charge in [0.15, 0.2) is 0 Å². The minimum Gasteiger partial charge on any atom is -0.458 e. The zero-order valence-corrected chi connectivity index (χ0v) is 9.66. The summed E-state index contributed by atoms with van der Waals surface area (Å²) in [4.78, 5) is 22.0. The summed E-state index contributed by atoms with van der Waals surface area (Å²) in [6.07, 6.45) is -3.57. The van der Waals surface area contributed by atoms with Gasteiger partial charge in [-0.1, -0.05) is 12.7 Å². The Balaban J connectivity index is 2.69. The summed E-state index contributed by atoms with van der Waals surface area (Å²) in [6.45, 7) is 3.40. The molecule has 19 heavy (non-hydrogen) atoms. The molecule has 1 rings (SSSR count). The van der Waals surface area contributed by atoms with Gasteiger partial charge in [0.2, 0.25) is 0 Å². The maximum absolute atomic E-state index is 12.0. The summed E-state index contributed by atoms with van der Waals surface area (Å²) in [6, 6.07) is 4.84. The Morgan fingerprint density at radius 2 is 1.84 bits per heavy atom. The molecule has 0 aliphatic carbocycles. The molecule has 1 amide bonds. The SMILES string of the molecule is C=CCOC(=O)c1ccc(NC(=O)C(F)(F)F)cc1. The molecule has 0 saturated heterocycles. The van der Waals surface area contributed by atoms with Gasteiger partial charge in [-0.15, -0.1) is 0 Å². The number of halogens is 3. The lowest BCUT2D eigenvalue weighted by Gasteiger charge is -2.08. The van der Waals surface area contributed by atoms with Crippen LogP contribution in [-0.2, 0) is 9.53 Å². The molecule has 1 aromatic carbocycles. The topological polar surface area (TPSA) is 55.4 Å². The number of benzene rings is 1. The maximum Gasteiger partial charge on any atom is 0.471 e. The van der Waals surface area contributed by atoms with E-state index in [4.69, 9.17) is 4.74 Å². The number of ether oxygens (including phenoxy) is 1. The fourth-order valence-corrected chi connectivity index (χ4v) is 1.11. The molecule has 1 N–H and O–H groups in total. The highest BCUT2D eigenvalue weighted by atomic mass is 19.4.